The molecule has 3 rings (SSSR count). The molecule has 2 aromatic heterocycles. The zero-order chi connectivity index (χ0) is 12.8. The Hall–Kier alpha value is -1.95. The van der Waals surface area contributed by atoms with Gasteiger partial charge in [0.15, 0.2) is 5.65 Å². The van der Waals surface area contributed by atoms with E-state index in [-0.39, 0.29) is 17.6 Å². The average Bonchev–Trinajstić information content (AvgIpc) is 2.81. The van der Waals surface area contributed by atoms with Crippen LogP contribution in [0.2, 0.25) is 0 Å². The monoisotopic (exact) mass is 246 g/mol. The summed E-state index contributed by atoms with van der Waals surface area (Å²) in [6, 6.07) is 1.56. The van der Waals surface area contributed by atoms with Crippen LogP contribution in [0.1, 0.15) is 30.3 Å². The summed E-state index contributed by atoms with van der Waals surface area (Å²) in [4.78, 5) is 23.2. The van der Waals surface area contributed by atoms with Crippen molar-refractivity contribution in [3.05, 3.63) is 24.2 Å². The van der Waals surface area contributed by atoms with E-state index in [1.54, 1.807) is 19.2 Å². The summed E-state index contributed by atoms with van der Waals surface area (Å²) < 4.78 is 0. The SMILES string of the molecule is C[C@@]1(O)CC[C@H]1NC(=O)c1cnc2[nH]ccc2n1. The van der Waals surface area contributed by atoms with Crippen LogP contribution < -0.4 is 5.32 Å². The van der Waals surface area contributed by atoms with Crippen LogP contribution in [0.3, 0.4) is 0 Å². The summed E-state index contributed by atoms with van der Waals surface area (Å²) in [6.45, 7) is 1.72. The first-order valence-corrected chi connectivity index (χ1v) is 5.90. The van der Waals surface area contributed by atoms with Gasteiger partial charge in [0, 0.05) is 6.20 Å². The minimum atomic E-state index is -0.804. The van der Waals surface area contributed by atoms with Crippen LogP contribution in [-0.4, -0.2) is 37.6 Å². The molecule has 3 N–H and O–H groups in total. The maximum Gasteiger partial charge on any atom is 0.271 e. The number of aliphatic hydroxyl groups is 1. The van der Waals surface area contributed by atoms with Gasteiger partial charge in [-0.05, 0) is 25.8 Å². The summed E-state index contributed by atoms with van der Waals surface area (Å²) in [7, 11) is 0. The number of nitrogens with zero attached hydrogens (tertiary/aromatic N) is 2. The molecule has 18 heavy (non-hydrogen) atoms. The molecule has 94 valence electrons. The Balaban J connectivity index is 1.79. The van der Waals surface area contributed by atoms with Gasteiger partial charge in [0.25, 0.3) is 5.91 Å². The molecule has 0 unspecified atom stereocenters. The van der Waals surface area contributed by atoms with Crippen molar-refractivity contribution in [2.75, 3.05) is 0 Å². The lowest BCUT2D eigenvalue weighted by Gasteiger charge is -2.42. The summed E-state index contributed by atoms with van der Waals surface area (Å²) in [5.74, 6) is -0.296. The Bertz CT molecular complexity index is 605. The van der Waals surface area contributed by atoms with Crippen molar-refractivity contribution in [2.24, 2.45) is 0 Å². The summed E-state index contributed by atoms with van der Waals surface area (Å²) in [5, 5.41) is 12.6. The van der Waals surface area contributed by atoms with Gasteiger partial charge in [0.05, 0.1) is 17.8 Å². The second-order valence-electron chi connectivity index (χ2n) is 4.89. The third-order valence-electron chi connectivity index (χ3n) is 3.49. The molecule has 1 fully saturated rings. The van der Waals surface area contributed by atoms with E-state index >= 15 is 0 Å². The van der Waals surface area contributed by atoms with Crippen LogP contribution in [-0.2, 0) is 0 Å². The van der Waals surface area contributed by atoms with Crippen molar-refractivity contribution >= 4 is 17.1 Å². The molecule has 2 heterocycles. The lowest BCUT2D eigenvalue weighted by atomic mass is 9.76. The van der Waals surface area contributed by atoms with Gasteiger partial charge in [-0.25, -0.2) is 9.97 Å². The van der Waals surface area contributed by atoms with Gasteiger partial charge in [0.1, 0.15) is 11.2 Å². The smallest absolute Gasteiger partial charge is 0.271 e. The molecule has 0 bridgehead atoms. The van der Waals surface area contributed by atoms with Gasteiger partial charge in [-0.15, -0.1) is 0 Å². The molecule has 2 aromatic rings. The van der Waals surface area contributed by atoms with Crippen molar-refractivity contribution in [2.45, 2.75) is 31.4 Å². The predicted octanol–water partition coefficient (Wildman–Crippen LogP) is 0.601. The molecule has 1 aliphatic carbocycles. The van der Waals surface area contributed by atoms with Crippen LogP contribution in [0.4, 0.5) is 0 Å². The van der Waals surface area contributed by atoms with Crippen molar-refractivity contribution in [3.63, 3.8) is 0 Å². The summed E-state index contributed by atoms with van der Waals surface area (Å²) in [6.07, 6.45) is 4.66. The molecular formula is C12H14N4O2. The van der Waals surface area contributed by atoms with Crippen LogP contribution in [0.5, 0.6) is 0 Å². The van der Waals surface area contributed by atoms with E-state index in [1.807, 2.05) is 0 Å². The third kappa shape index (κ3) is 1.74. The molecule has 1 amide bonds. The van der Waals surface area contributed by atoms with Crippen LogP contribution >= 0.6 is 0 Å². The number of aromatic amines is 1. The highest BCUT2D eigenvalue weighted by Gasteiger charge is 2.41. The first kappa shape index (κ1) is 11.2. The second kappa shape index (κ2) is 3.78. The van der Waals surface area contributed by atoms with Crippen LogP contribution in [0.15, 0.2) is 18.5 Å². The molecule has 1 saturated carbocycles. The fraction of sp³-hybridized carbons (Fsp3) is 0.417. The maximum atomic E-state index is 12.0. The lowest BCUT2D eigenvalue weighted by Crippen LogP contribution is -2.58. The first-order valence-electron chi connectivity index (χ1n) is 5.90. The van der Waals surface area contributed by atoms with E-state index in [9.17, 15) is 9.90 Å². The highest BCUT2D eigenvalue weighted by atomic mass is 16.3. The molecule has 6 nitrogen and oxygen atoms in total. The Morgan fingerprint density at radius 1 is 1.67 bits per heavy atom. The molecule has 0 saturated heterocycles. The van der Waals surface area contributed by atoms with E-state index in [4.69, 9.17) is 0 Å². The van der Waals surface area contributed by atoms with Crippen molar-refractivity contribution in [1.82, 2.24) is 20.3 Å². The number of hydrogen-bond donors (Lipinski definition) is 3. The van der Waals surface area contributed by atoms with E-state index in [2.05, 4.69) is 20.3 Å². The number of rotatable bonds is 2. The third-order valence-corrected chi connectivity index (χ3v) is 3.49. The molecule has 6 heteroatoms. The number of fused-ring (bicyclic) bond motifs is 1. The van der Waals surface area contributed by atoms with Crippen molar-refractivity contribution in [1.29, 1.82) is 0 Å². The topological polar surface area (TPSA) is 90.9 Å². The molecule has 0 aromatic carbocycles. The second-order valence-corrected chi connectivity index (χ2v) is 4.89. The Morgan fingerprint density at radius 2 is 2.50 bits per heavy atom. The summed E-state index contributed by atoms with van der Waals surface area (Å²) in [5.41, 5.74) is 0.774. The number of hydrogen-bond acceptors (Lipinski definition) is 4. The zero-order valence-electron chi connectivity index (χ0n) is 9.97. The van der Waals surface area contributed by atoms with E-state index < -0.39 is 5.60 Å². The Morgan fingerprint density at radius 3 is 3.17 bits per heavy atom. The zero-order valence-corrected chi connectivity index (χ0v) is 9.97. The number of amides is 1. The molecule has 2 atom stereocenters. The maximum absolute atomic E-state index is 12.0. The minimum Gasteiger partial charge on any atom is -0.388 e. The van der Waals surface area contributed by atoms with Gasteiger partial charge in [-0.3, -0.25) is 4.79 Å². The first-order chi connectivity index (χ1) is 8.56. The molecule has 0 aliphatic heterocycles. The van der Waals surface area contributed by atoms with Crippen molar-refractivity contribution in [3.8, 4) is 0 Å². The standard InChI is InChI=1S/C12H14N4O2/c1-12(18)4-2-9(12)16-11(17)8-6-14-10-7(15-8)3-5-13-10/h3,5-6,9,18H,2,4H2,1H3,(H,13,14)(H,16,17)/t9-,12-/m1/s1. The largest absolute Gasteiger partial charge is 0.388 e. The van der Waals surface area contributed by atoms with Crippen LogP contribution in [0, 0.1) is 0 Å². The number of carbonyl (C=O) groups excluding carboxylic acids is 1. The molecule has 0 spiro atoms. The fourth-order valence-electron chi connectivity index (χ4n) is 2.11. The van der Waals surface area contributed by atoms with Crippen LogP contribution in [0.25, 0.3) is 11.2 Å². The normalized spacial score (nSPS) is 26.9. The van der Waals surface area contributed by atoms with Gasteiger partial charge in [0.2, 0.25) is 0 Å². The highest BCUT2D eigenvalue weighted by molar-refractivity contribution is 5.93. The van der Waals surface area contributed by atoms with Gasteiger partial charge < -0.3 is 15.4 Å². The van der Waals surface area contributed by atoms with Gasteiger partial charge >= 0.3 is 0 Å². The van der Waals surface area contributed by atoms with Gasteiger partial charge in [-0.2, -0.15) is 0 Å². The number of aromatic nitrogens is 3. The Labute approximate surface area is 103 Å². The molecule has 1 aliphatic rings. The average molecular weight is 246 g/mol. The molecular weight excluding hydrogens is 232 g/mol. The highest BCUT2D eigenvalue weighted by Crippen LogP contribution is 2.31. The molecule has 0 radical (unpaired) electrons. The lowest BCUT2D eigenvalue weighted by molar-refractivity contribution is -0.0487. The predicted molar refractivity (Wildman–Crippen MR) is 65.0 cm³/mol. The minimum absolute atomic E-state index is 0.200. The van der Waals surface area contributed by atoms with E-state index in [1.165, 1.54) is 6.20 Å². The number of carbonyl (C=O) groups is 1. The summed E-state index contributed by atoms with van der Waals surface area (Å²) >= 11 is 0. The van der Waals surface area contributed by atoms with Crippen molar-refractivity contribution < 1.29 is 9.90 Å². The number of H-pyrrole nitrogens is 1. The van der Waals surface area contributed by atoms with E-state index in [0.29, 0.717) is 17.6 Å². The Kier molecular flexibility index (Phi) is 2.34. The number of nitrogens with one attached hydrogen (secondary N) is 2. The van der Waals surface area contributed by atoms with Gasteiger partial charge in [-0.1, -0.05) is 0 Å². The van der Waals surface area contributed by atoms with E-state index in [0.717, 1.165) is 6.42 Å². The quantitative estimate of drug-likeness (QED) is 0.723. The fourth-order valence-corrected chi connectivity index (χ4v) is 2.11.